The van der Waals surface area contributed by atoms with Crippen molar-refractivity contribution in [2.75, 3.05) is 43.1 Å². The van der Waals surface area contributed by atoms with Gasteiger partial charge in [-0.15, -0.1) is 0 Å². The van der Waals surface area contributed by atoms with E-state index < -0.39 is 17.1 Å². The largest absolute Gasteiger partial charge is 0.378 e. The van der Waals surface area contributed by atoms with Gasteiger partial charge in [0.25, 0.3) is 11.1 Å². The van der Waals surface area contributed by atoms with Gasteiger partial charge < -0.3 is 19.5 Å². The average molecular weight is 585 g/mol. The highest BCUT2D eigenvalue weighted by Gasteiger charge is 2.36. The van der Waals surface area contributed by atoms with Crippen molar-refractivity contribution < 1.29 is 23.5 Å². The van der Waals surface area contributed by atoms with Gasteiger partial charge in [-0.3, -0.25) is 19.3 Å². The number of nitrogens with zero attached hydrogens (tertiary/aromatic N) is 3. The first-order chi connectivity index (χ1) is 20.4. The predicted octanol–water partition coefficient (Wildman–Crippen LogP) is 5.65. The normalized spacial score (nSPS) is 16.6. The Morgan fingerprint density at radius 1 is 1.00 bits per heavy atom. The fraction of sp³-hybridized carbons (Fsp3) is 0.219. The molecule has 2 aliphatic rings. The number of thioether (sulfide) groups is 1. The molecule has 1 N–H and O–H groups in total. The van der Waals surface area contributed by atoms with Gasteiger partial charge in [0.1, 0.15) is 12.4 Å². The van der Waals surface area contributed by atoms with E-state index in [1.165, 1.54) is 6.07 Å². The Morgan fingerprint density at radius 2 is 1.71 bits per heavy atom. The van der Waals surface area contributed by atoms with Crippen molar-refractivity contribution in [3.63, 3.8) is 0 Å². The van der Waals surface area contributed by atoms with Crippen LogP contribution < -0.4 is 10.2 Å². The van der Waals surface area contributed by atoms with Gasteiger partial charge in [0.15, 0.2) is 0 Å². The molecule has 0 aliphatic carbocycles. The van der Waals surface area contributed by atoms with Gasteiger partial charge in [0, 0.05) is 52.2 Å². The number of anilines is 2. The summed E-state index contributed by atoms with van der Waals surface area (Å²) < 4.78 is 21.9. The van der Waals surface area contributed by atoms with Crippen LogP contribution in [0, 0.1) is 12.7 Å². The number of carbonyl (C=O) groups is 3. The quantitative estimate of drug-likeness (QED) is 0.283. The fourth-order valence-corrected chi connectivity index (χ4v) is 6.15. The summed E-state index contributed by atoms with van der Waals surface area (Å²) in [6.07, 6.45) is 1.70. The Labute approximate surface area is 246 Å². The third-order valence-corrected chi connectivity index (χ3v) is 8.45. The van der Waals surface area contributed by atoms with Crippen molar-refractivity contribution in [1.29, 1.82) is 0 Å². The van der Waals surface area contributed by atoms with Gasteiger partial charge in [-0.2, -0.15) is 0 Å². The maximum absolute atomic E-state index is 14.5. The molecule has 0 saturated carbocycles. The Balaban J connectivity index is 1.18. The van der Waals surface area contributed by atoms with E-state index >= 15 is 0 Å². The lowest BCUT2D eigenvalue weighted by molar-refractivity contribution is -0.127. The van der Waals surface area contributed by atoms with E-state index in [1.54, 1.807) is 36.4 Å². The first-order valence-electron chi connectivity index (χ1n) is 13.7. The highest BCUT2D eigenvalue weighted by Crippen LogP contribution is 2.36. The van der Waals surface area contributed by atoms with Crippen LogP contribution in [0.3, 0.4) is 0 Å². The number of carbonyl (C=O) groups excluding carboxylic acids is 3. The number of amides is 3. The van der Waals surface area contributed by atoms with Gasteiger partial charge in [-0.1, -0.05) is 36.4 Å². The number of hydrogen-bond acceptors (Lipinski definition) is 6. The first kappa shape index (κ1) is 27.7. The van der Waals surface area contributed by atoms with Crippen molar-refractivity contribution in [2.45, 2.75) is 13.5 Å². The number of halogens is 1. The smallest absolute Gasteiger partial charge is 0.294 e. The molecule has 2 saturated heterocycles. The van der Waals surface area contributed by atoms with E-state index in [-0.39, 0.29) is 17.3 Å². The maximum atomic E-state index is 14.5. The van der Waals surface area contributed by atoms with Gasteiger partial charge in [0.05, 0.1) is 24.7 Å². The summed E-state index contributed by atoms with van der Waals surface area (Å²) in [5, 5.41) is 3.16. The molecule has 10 heteroatoms. The number of ether oxygens (including phenoxy) is 1. The van der Waals surface area contributed by atoms with Gasteiger partial charge in [-0.25, -0.2) is 4.39 Å². The molecule has 0 unspecified atom stereocenters. The molecule has 4 aromatic rings. The lowest BCUT2D eigenvalue weighted by atomic mass is 10.1. The molecule has 3 heterocycles. The van der Waals surface area contributed by atoms with Crippen LogP contribution in [0.1, 0.15) is 16.8 Å². The van der Waals surface area contributed by atoms with E-state index in [1.807, 2.05) is 47.9 Å². The van der Waals surface area contributed by atoms with Crippen LogP contribution in [-0.4, -0.2) is 59.4 Å². The third kappa shape index (κ3) is 5.55. The summed E-state index contributed by atoms with van der Waals surface area (Å²) in [5.41, 5.74) is 4.68. The second-order valence-corrected chi connectivity index (χ2v) is 11.1. The molecule has 6 rings (SSSR count). The highest BCUT2D eigenvalue weighted by atomic mass is 32.2. The van der Waals surface area contributed by atoms with Crippen molar-refractivity contribution in [3.8, 4) is 0 Å². The minimum atomic E-state index is -0.520. The zero-order chi connectivity index (χ0) is 29.2. The summed E-state index contributed by atoms with van der Waals surface area (Å²) in [7, 11) is 0. The van der Waals surface area contributed by atoms with Gasteiger partial charge >= 0.3 is 0 Å². The topological polar surface area (TPSA) is 83.9 Å². The molecule has 214 valence electrons. The predicted molar refractivity (Wildman–Crippen MR) is 163 cm³/mol. The molecule has 2 aliphatic heterocycles. The number of morpholine rings is 1. The number of aromatic nitrogens is 1. The van der Waals surface area contributed by atoms with Crippen LogP contribution in [0.5, 0.6) is 0 Å². The van der Waals surface area contributed by atoms with Crippen LogP contribution in [-0.2, 0) is 20.9 Å². The van der Waals surface area contributed by atoms with Crippen LogP contribution in [0.4, 0.5) is 20.6 Å². The number of nitrogens with one attached hydrogen (secondary N) is 1. The van der Waals surface area contributed by atoms with Gasteiger partial charge in [-0.05, 0) is 61.2 Å². The Kier molecular flexibility index (Phi) is 7.82. The second-order valence-electron chi connectivity index (χ2n) is 10.2. The standard InChI is InChI=1S/C32H29FN4O4S/c1-21-26(25-7-3-5-9-28(25)36(21)19-22-6-2-4-8-27(22)33)18-29-31(39)37(32(40)42-29)20-30(38)34-23-10-12-24(13-11-23)35-14-16-41-17-15-35/h2-13,18H,14-17,19-20H2,1H3,(H,34,38)/b29-18-. The first-order valence-corrected chi connectivity index (χ1v) is 14.5. The van der Waals surface area contributed by atoms with Crippen LogP contribution in [0.25, 0.3) is 17.0 Å². The molecule has 3 aromatic carbocycles. The summed E-state index contributed by atoms with van der Waals surface area (Å²) in [6.45, 7) is 4.83. The minimum Gasteiger partial charge on any atom is -0.378 e. The second kappa shape index (κ2) is 11.8. The molecule has 0 bridgehead atoms. The summed E-state index contributed by atoms with van der Waals surface area (Å²) >= 11 is 0.809. The summed E-state index contributed by atoms with van der Waals surface area (Å²) in [6, 6.07) is 21.8. The van der Waals surface area contributed by atoms with Crippen LogP contribution >= 0.6 is 11.8 Å². The maximum Gasteiger partial charge on any atom is 0.294 e. The SMILES string of the molecule is Cc1c(/C=C2\SC(=O)N(CC(=O)Nc3ccc(N4CCOCC4)cc3)C2=O)c2ccccc2n1Cc1ccccc1F. The van der Waals surface area contributed by atoms with Crippen molar-refractivity contribution in [1.82, 2.24) is 9.47 Å². The minimum absolute atomic E-state index is 0.236. The highest BCUT2D eigenvalue weighted by molar-refractivity contribution is 8.18. The molecule has 0 radical (unpaired) electrons. The van der Waals surface area contributed by atoms with Crippen LogP contribution in [0.15, 0.2) is 77.7 Å². The monoisotopic (exact) mass is 584 g/mol. The number of fused-ring (bicyclic) bond motifs is 1. The number of rotatable bonds is 7. The number of para-hydroxylation sites is 1. The van der Waals surface area contributed by atoms with E-state index in [9.17, 15) is 18.8 Å². The lowest BCUT2D eigenvalue weighted by Gasteiger charge is -2.28. The van der Waals surface area contributed by atoms with Crippen LogP contribution in [0.2, 0.25) is 0 Å². The molecule has 1 aromatic heterocycles. The molecule has 42 heavy (non-hydrogen) atoms. The number of imide groups is 1. The summed E-state index contributed by atoms with van der Waals surface area (Å²) in [5.74, 6) is -1.27. The molecule has 0 spiro atoms. The van der Waals surface area contributed by atoms with E-state index in [0.717, 1.165) is 57.6 Å². The third-order valence-electron chi connectivity index (χ3n) is 7.54. The van der Waals surface area contributed by atoms with E-state index in [0.29, 0.717) is 31.0 Å². The zero-order valence-corrected chi connectivity index (χ0v) is 23.8. The zero-order valence-electron chi connectivity index (χ0n) is 23.0. The number of hydrogen-bond donors (Lipinski definition) is 1. The Hall–Kier alpha value is -4.41. The summed E-state index contributed by atoms with van der Waals surface area (Å²) in [4.78, 5) is 42.3. The molecule has 8 nitrogen and oxygen atoms in total. The van der Waals surface area contributed by atoms with Crippen molar-refractivity contribution in [2.24, 2.45) is 0 Å². The van der Waals surface area contributed by atoms with Crippen molar-refractivity contribution in [3.05, 3.63) is 100 Å². The molecular formula is C32H29FN4O4S. The lowest BCUT2D eigenvalue weighted by Crippen LogP contribution is -2.36. The molecule has 0 atom stereocenters. The molecule has 3 amide bonds. The number of benzene rings is 3. The van der Waals surface area contributed by atoms with Crippen molar-refractivity contribution >= 4 is 57.2 Å². The van der Waals surface area contributed by atoms with E-state index in [2.05, 4.69) is 10.2 Å². The fourth-order valence-electron chi connectivity index (χ4n) is 5.33. The Morgan fingerprint density at radius 3 is 2.48 bits per heavy atom. The molecular weight excluding hydrogens is 555 g/mol. The van der Waals surface area contributed by atoms with E-state index in [4.69, 9.17) is 4.74 Å². The van der Waals surface area contributed by atoms with Gasteiger partial charge in [0.2, 0.25) is 5.91 Å². The Bertz CT molecular complexity index is 1710. The molecule has 2 fully saturated rings. The average Bonchev–Trinajstić information content (AvgIpc) is 3.42.